The second-order valence-corrected chi connectivity index (χ2v) is 4.61. The molecule has 0 spiro atoms. The minimum absolute atomic E-state index is 0.0482. The molecule has 0 bridgehead atoms. The third kappa shape index (κ3) is 4.71. The molecule has 0 unspecified atom stereocenters. The van der Waals surface area contributed by atoms with Gasteiger partial charge in [-0.1, -0.05) is 11.6 Å². The Morgan fingerprint density at radius 3 is 2.61 bits per heavy atom. The topological polar surface area (TPSA) is 71.1 Å². The maximum absolute atomic E-state index is 11.8. The zero-order chi connectivity index (χ0) is 13.7. The molecule has 1 rings (SSSR count). The van der Waals surface area contributed by atoms with Crippen LogP contribution in [-0.2, 0) is 4.79 Å². The van der Waals surface area contributed by atoms with Crippen LogP contribution in [0.1, 0.15) is 29.9 Å². The highest BCUT2D eigenvalue weighted by atomic mass is 35.5. The van der Waals surface area contributed by atoms with Crippen molar-refractivity contribution in [1.82, 2.24) is 15.6 Å². The summed E-state index contributed by atoms with van der Waals surface area (Å²) >= 11 is 5.76. The van der Waals surface area contributed by atoms with E-state index in [0.29, 0.717) is 11.3 Å². The summed E-state index contributed by atoms with van der Waals surface area (Å²) in [5.74, 6) is -0.573. The van der Waals surface area contributed by atoms with Crippen molar-refractivity contribution in [2.45, 2.75) is 26.8 Å². The molecular weight excluding hydrogens is 254 g/mol. The third-order valence-corrected chi connectivity index (χ3v) is 2.24. The molecule has 0 atom stereocenters. The number of rotatable bonds is 4. The van der Waals surface area contributed by atoms with Crippen LogP contribution in [0.25, 0.3) is 0 Å². The molecule has 0 saturated heterocycles. The summed E-state index contributed by atoms with van der Waals surface area (Å²) < 4.78 is 0. The lowest BCUT2D eigenvalue weighted by Gasteiger charge is -2.09. The molecule has 2 N–H and O–H groups in total. The van der Waals surface area contributed by atoms with Crippen molar-refractivity contribution >= 4 is 23.4 Å². The molecule has 6 heteroatoms. The van der Waals surface area contributed by atoms with E-state index in [1.807, 2.05) is 13.8 Å². The summed E-state index contributed by atoms with van der Waals surface area (Å²) in [6, 6.07) is 3.12. The first kappa shape index (κ1) is 14.4. The van der Waals surface area contributed by atoms with Gasteiger partial charge in [0.1, 0.15) is 5.15 Å². The van der Waals surface area contributed by atoms with Crippen LogP contribution in [0.2, 0.25) is 5.15 Å². The van der Waals surface area contributed by atoms with Crippen molar-refractivity contribution in [1.29, 1.82) is 0 Å². The number of pyridine rings is 1. The number of hydrogen-bond acceptors (Lipinski definition) is 3. The lowest BCUT2D eigenvalue weighted by molar-refractivity contribution is -0.120. The predicted molar refractivity (Wildman–Crippen MR) is 69.6 cm³/mol. The Bertz CT molecular complexity index is 440. The van der Waals surface area contributed by atoms with Gasteiger partial charge in [-0.25, -0.2) is 4.98 Å². The van der Waals surface area contributed by atoms with Crippen LogP contribution >= 0.6 is 11.6 Å². The fraction of sp³-hybridized carbons (Fsp3) is 0.417. The molecule has 0 aliphatic heterocycles. The van der Waals surface area contributed by atoms with Gasteiger partial charge in [0.25, 0.3) is 5.91 Å². The predicted octanol–water partition coefficient (Wildman–Crippen LogP) is 1.30. The second kappa shape index (κ2) is 6.35. The standard InChI is InChI=1S/C12H16ClN3O2/c1-7(2)15-11(17)6-14-12(18)9-4-8(3)16-10(13)5-9/h4-5,7H,6H2,1-3H3,(H,14,18)(H,15,17). The molecule has 18 heavy (non-hydrogen) atoms. The number of carbonyl (C=O) groups is 2. The molecule has 0 radical (unpaired) electrons. The maximum Gasteiger partial charge on any atom is 0.251 e. The first-order valence-electron chi connectivity index (χ1n) is 5.60. The number of aromatic nitrogens is 1. The Morgan fingerprint density at radius 1 is 1.39 bits per heavy atom. The third-order valence-electron chi connectivity index (χ3n) is 2.04. The van der Waals surface area contributed by atoms with E-state index in [-0.39, 0.29) is 29.6 Å². The van der Waals surface area contributed by atoms with E-state index in [1.54, 1.807) is 13.0 Å². The van der Waals surface area contributed by atoms with Crippen molar-refractivity contribution in [3.05, 3.63) is 28.5 Å². The van der Waals surface area contributed by atoms with Crippen molar-refractivity contribution in [2.24, 2.45) is 0 Å². The summed E-state index contributed by atoms with van der Waals surface area (Å²) in [7, 11) is 0. The molecule has 98 valence electrons. The number of aryl methyl sites for hydroxylation is 1. The highest BCUT2D eigenvalue weighted by molar-refractivity contribution is 6.29. The van der Waals surface area contributed by atoms with E-state index in [9.17, 15) is 9.59 Å². The van der Waals surface area contributed by atoms with Gasteiger partial charge >= 0.3 is 0 Å². The van der Waals surface area contributed by atoms with E-state index < -0.39 is 0 Å². The first-order chi connectivity index (χ1) is 8.38. The summed E-state index contributed by atoms with van der Waals surface area (Å²) in [4.78, 5) is 27.1. The van der Waals surface area contributed by atoms with Gasteiger partial charge < -0.3 is 10.6 Å². The van der Waals surface area contributed by atoms with E-state index in [0.717, 1.165) is 0 Å². The minimum Gasteiger partial charge on any atom is -0.352 e. The molecule has 0 aliphatic carbocycles. The van der Waals surface area contributed by atoms with Gasteiger partial charge in [-0.3, -0.25) is 9.59 Å². The molecule has 2 amide bonds. The number of halogens is 1. The van der Waals surface area contributed by atoms with E-state index in [1.165, 1.54) is 6.07 Å². The monoisotopic (exact) mass is 269 g/mol. The van der Waals surface area contributed by atoms with Crippen LogP contribution in [0.5, 0.6) is 0 Å². The van der Waals surface area contributed by atoms with Gasteiger partial charge in [-0.05, 0) is 32.9 Å². The number of carbonyl (C=O) groups excluding carboxylic acids is 2. The molecule has 5 nitrogen and oxygen atoms in total. The second-order valence-electron chi connectivity index (χ2n) is 4.22. The Labute approximate surface area is 111 Å². The Balaban J connectivity index is 2.58. The molecule has 1 heterocycles. The summed E-state index contributed by atoms with van der Waals surface area (Å²) in [5.41, 5.74) is 1.05. The highest BCUT2D eigenvalue weighted by Crippen LogP contribution is 2.09. The average Bonchev–Trinajstić information content (AvgIpc) is 2.23. The number of amides is 2. The molecule has 0 aromatic carbocycles. The molecule has 0 saturated carbocycles. The Kier molecular flexibility index (Phi) is 5.09. The van der Waals surface area contributed by atoms with Gasteiger partial charge in [-0.2, -0.15) is 0 Å². The molecule has 0 fully saturated rings. The van der Waals surface area contributed by atoms with E-state index >= 15 is 0 Å². The number of nitrogens with zero attached hydrogens (tertiary/aromatic N) is 1. The van der Waals surface area contributed by atoms with Gasteiger partial charge in [-0.15, -0.1) is 0 Å². The van der Waals surface area contributed by atoms with Crippen molar-refractivity contribution < 1.29 is 9.59 Å². The lowest BCUT2D eigenvalue weighted by Crippen LogP contribution is -2.39. The van der Waals surface area contributed by atoms with Crippen LogP contribution in [0.4, 0.5) is 0 Å². The normalized spacial score (nSPS) is 10.3. The zero-order valence-corrected chi connectivity index (χ0v) is 11.3. The van der Waals surface area contributed by atoms with Gasteiger partial charge in [0, 0.05) is 17.3 Å². The fourth-order valence-electron chi connectivity index (χ4n) is 1.39. The minimum atomic E-state index is -0.346. The highest BCUT2D eigenvalue weighted by Gasteiger charge is 2.10. The largest absolute Gasteiger partial charge is 0.352 e. The van der Waals surface area contributed by atoms with Gasteiger partial charge in [0.05, 0.1) is 6.54 Å². The summed E-state index contributed by atoms with van der Waals surface area (Å²) in [6.45, 7) is 5.39. The van der Waals surface area contributed by atoms with Crippen molar-refractivity contribution in [2.75, 3.05) is 6.54 Å². The first-order valence-corrected chi connectivity index (χ1v) is 5.98. The van der Waals surface area contributed by atoms with Crippen LogP contribution in [0.3, 0.4) is 0 Å². The Morgan fingerprint density at radius 2 is 2.06 bits per heavy atom. The molecular formula is C12H16ClN3O2. The maximum atomic E-state index is 11.8. The number of nitrogens with one attached hydrogen (secondary N) is 2. The lowest BCUT2D eigenvalue weighted by atomic mass is 10.2. The van der Waals surface area contributed by atoms with Crippen molar-refractivity contribution in [3.63, 3.8) is 0 Å². The summed E-state index contributed by atoms with van der Waals surface area (Å²) in [6.07, 6.45) is 0. The van der Waals surface area contributed by atoms with Crippen LogP contribution in [0, 0.1) is 6.92 Å². The Hall–Kier alpha value is -1.62. The molecule has 1 aromatic rings. The quantitative estimate of drug-likeness (QED) is 0.810. The SMILES string of the molecule is Cc1cc(C(=O)NCC(=O)NC(C)C)cc(Cl)n1. The van der Waals surface area contributed by atoms with Crippen molar-refractivity contribution in [3.8, 4) is 0 Å². The average molecular weight is 270 g/mol. The van der Waals surface area contributed by atoms with Gasteiger partial charge in [0.2, 0.25) is 5.91 Å². The van der Waals surface area contributed by atoms with Gasteiger partial charge in [0.15, 0.2) is 0 Å². The van der Waals surface area contributed by atoms with E-state index in [2.05, 4.69) is 15.6 Å². The summed E-state index contributed by atoms with van der Waals surface area (Å²) in [5, 5.41) is 5.46. The van der Waals surface area contributed by atoms with Crippen LogP contribution in [0.15, 0.2) is 12.1 Å². The zero-order valence-electron chi connectivity index (χ0n) is 10.6. The molecule has 1 aromatic heterocycles. The van der Waals surface area contributed by atoms with E-state index in [4.69, 9.17) is 11.6 Å². The van der Waals surface area contributed by atoms with Crippen LogP contribution in [-0.4, -0.2) is 29.4 Å². The van der Waals surface area contributed by atoms with Crippen LogP contribution < -0.4 is 10.6 Å². The molecule has 0 aliphatic rings. The number of hydrogen-bond donors (Lipinski definition) is 2. The smallest absolute Gasteiger partial charge is 0.251 e. The fourth-order valence-corrected chi connectivity index (χ4v) is 1.65.